The highest BCUT2D eigenvalue weighted by atomic mass is 32.1. The zero-order chi connectivity index (χ0) is 12.5. The monoisotopic (exact) mass is 252 g/mol. The van der Waals surface area contributed by atoms with Crippen molar-refractivity contribution in [3.63, 3.8) is 0 Å². The number of hydrogen-bond donors (Lipinski definition) is 1. The summed E-state index contributed by atoms with van der Waals surface area (Å²) in [5.74, 6) is -0.119. The second-order valence-electron chi connectivity index (χ2n) is 3.44. The summed E-state index contributed by atoms with van der Waals surface area (Å²) in [5.41, 5.74) is 5.64. The number of thiazole rings is 1. The van der Waals surface area contributed by atoms with E-state index in [2.05, 4.69) is 15.2 Å². The largest absolute Gasteiger partial charge is 0.468 e. The Balaban J connectivity index is 2.24. The van der Waals surface area contributed by atoms with Gasteiger partial charge in [0.2, 0.25) is 0 Å². The molecule has 0 spiro atoms. The Morgan fingerprint density at radius 3 is 2.53 bits per heavy atom. The van der Waals surface area contributed by atoms with E-state index in [1.807, 2.05) is 0 Å². The van der Waals surface area contributed by atoms with Crippen molar-refractivity contribution in [1.82, 2.24) is 4.98 Å². The van der Waals surface area contributed by atoms with Crippen molar-refractivity contribution in [3.8, 4) is 0 Å². The average Bonchev–Trinajstić information content (AvgIpc) is 2.88. The molecule has 0 radical (unpaired) electrons. The Kier molecular flexibility index (Phi) is 2.82. The van der Waals surface area contributed by atoms with Crippen LogP contribution in [0.15, 0.2) is 15.6 Å². The van der Waals surface area contributed by atoms with Gasteiger partial charge in [-0.3, -0.25) is 4.79 Å². The number of primary amides is 1. The molecule has 0 unspecified atom stereocenters. The number of quaternary nitrogens is 1. The SMILES string of the molecule is CC(=O)c1csc(C[N+]2(C(N)=O)N=CC=N2)n1. The van der Waals surface area contributed by atoms with Gasteiger partial charge in [0, 0.05) is 17.0 Å². The molecule has 88 valence electrons. The van der Waals surface area contributed by atoms with Crippen molar-refractivity contribution in [2.75, 3.05) is 0 Å². The van der Waals surface area contributed by atoms with Gasteiger partial charge in [-0.1, -0.05) is 0 Å². The quantitative estimate of drug-likeness (QED) is 0.634. The Bertz CT molecular complexity index is 521. The van der Waals surface area contributed by atoms with Gasteiger partial charge in [0.1, 0.15) is 18.1 Å². The summed E-state index contributed by atoms with van der Waals surface area (Å²) in [6.45, 7) is 1.56. The summed E-state index contributed by atoms with van der Waals surface area (Å²) in [7, 11) is 0. The summed E-state index contributed by atoms with van der Waals surface area (Å²) < 4.78 is -0.579. The topological polar surface area (TPSA) is 97.8 Å². The van der Waals surface area contributed by atoms with E-state index in [9.17, 15) is 9.59 Å². The van der Waals surface area contributed by atoms with Crippen molar-refractivity contribution < 1.29 is 14.3 Å². The number of aromatic nitrogens is 1. The summed E-state index contributed by atoms with van der Waals surface area (Å²) in [4.78, 5) is 26.5. The lowest BCUT2D eigenvalue weighted by Gasteiger charge is -2.15. The van der Waals surface area contributed by atoms with Crippen LogP contribution in [0.5, 0.6) is 0 Å². The molecule has 8 heteroatoms. The van der Waals surface area contributed by atoms with Gasteiger partial charge < -0.3 is 5.73 Å². The molecule has 2 amide bonds. The molecule has 1 aliphatic rings. The van der Waals surface area contributed by atoms with Crippen LogP contribution in [-0.4, -0.2) is 33.9 Å². The standard InChI is InChI=1S/C9H9N5O2S/c1-6(15)7-5-17-8(13-7)4-14(9(10)16)11-2-3-12-14/h2-3,5H,4H2,1H3,(H-,10,16)/p+1. The average molecular weight is 252 g/mol. The van der Waals surface area contributed by atoms with Crippen molar-refractivity contribution >= 4 is 35.6 Å². The molecule has 1 aromatic rings. The van der Waals surface area contributed by atoms with Gasteiger partial charge in [-0.05, 0) is 10.2 Å². The lowest BCUT2D eigenvalue weighted by molar-refractivity contribution is -0.873. The van der Waals surface area contributed by atoms with Gasteiger partial charge in [-0.15, -0.1) is 11.3 Å². The van der Waals surface area contributed by atoms with Crippen LogP contribution in [0.4, 0.5) is 4.79 Å². The van der Waals surface area contributed by atoms with E-state index in [1.54, 1.807) is 5.38 Å². The van der Waals surface area contributed by atoms with Gasteiger partial charge in [-0.2, -0.15) is 0 Å². The fraction of sp³-hybridized carbons (Fsp3) is 0.222. The highest BCUT2D eigenvalue weighted by Gasteiger charge is 2.39. The van der Waals surface area contributed by atoms with Gasteiger partial charge >= 0.3 is 6.03 Å². The van der Waals surface area contributed by atoms with Crippen molar-refractivity contribution in [3.05, 3.63) is 16.1 Å². The highest BCUT2D eigenvalue weighted by molar-refractivity contribution is 7.09. The number of rotatable bonds is 3. The number of carbonyl (C=O) groups excluding carboxylic acids is 2. The van der Waals surface area contributed by atoms with Crippen LogP contribution >= 0.6 is 11.3 Å². The first kappa shape index (κ1) is 11.6. The zero-order valence-electron chi connectivity index (χ0n) is 9.03. The second kappa shape index (κ2) is 4.15. The van der Waals surface area contributed by atoms with Crippen LogP contribution in [0.2, 0.25) is 0 Å². The molecule has 0 fully saturated rings. The molecule has 7 nitrogen and oxygen atoms in total. The van der Waals surface area contributed by atoms with Gasteiger partial charge in [0.15, 0.2) is 17.3 Å². The fourth-order valence-corrected chi connectivity index (χ4v) is 2.19. The van der Waals surface area contributed by atoms with E-state index in [4.69, 9.17) is 5.73 Å². The molecule has 2 N–H and O–H groups in total. The van der Waals surface area contributed by atoms with Gasteiger partial charge in [-0.25, -0.2) is 9.78 Å². The maximum atomic E-state index is 11.3. The van der Waals surface area contributed by atoms with E-state index in [0.29, 0.717) is 10.7 Å². The summed E-state index contributed by atoms with van der Waals surface area (Å²) in [5, 5.41) is 10.1. The predicted molar refractivity (Wildman–Crippen MR) is 62.7 cm³/mol. The van der Waals surface area contributed by atoms with E-state index < -0.39 is 10.7 Å². The number of carbonyl (C=O) groups is 2. The smallest absolute Gasteiger partial charge is 0.315 e. The first-order valence-corrected chi connectivity index (χ1v) is 5.65. The minimum atomic E-state index is -0.686. The van der Waals surface area contributed by atoms with Crippen molar-refractivity contribution in [1.29, 1.82) is 0 Å². The minimum absolute atomic E-state index is 0.119. The molecule has 0 saturated heterocycles. The van der Waals surface area contributed by atoms with Crippen LogP contribution in [0.3, 0.4) is 0 Å². The molecule has 0 aliphatic carbocycles. The molecular formula is C9H10N5O2S+. The lowest BCUT2D eigenvalue weighted by Crippen LogP contribution is -2.45. The van der Waals surface area contributed by atoms with Gasteiger partial charge in [0.05, 0.1) is 0 Å². The van der Waals surface area contributed by atoms with E-state index in [0.717, 1.165) is 0 Å². The Morgan fingerprint density at radius 2 is 2.06 bits per heavy atom. The van der Waals surface area contributed by atoms with Crippen LogP contribution < -0.4 is 5.73 Å². The first-order chi connectivity index (χ1) is 8.03. The third-order valence-electron chi connectivity index (χ3n) is 2.20. The second-order valence-corrected chi connectivity index (χ2v) is 4.38. The first-order valence-electron chi connectivity index (χ1n) is 4.77. The molecule has 1 aromatic heterocycles. The molecule has 2 rings (SSSR count). The van der Waals surface area contributed by atoms with Gasteiger partial charge in [0.25, 0.3) is 0 Å². The Hall–Kier alpha value is -1.93. The molecule has 2 heterocycles. The molecule has 1 aliphatic heterocycles. The van der Waals surface area contributed by atoms with Crippen LogP contribution in [0.25, 0.3) is 0 Å². The number of amides is 2. The van der Waals surface area contributed by atoms with E-state index >= 15 is 0 Å². The predicted octanol–water partition coefficient (Wildman–Crippen LogP) is 0.726. The van der Waals surface area contributed by atoms with Crippen LogP contribution in [0, 0.1) is 0 Å². The summed E-state index contributed by atoms with van der Waals surface area (Å²) in [6, 6.07) is -0.686. The summed E-state index contributed by atoms with van der Waals surface area (Å²) >= 11 is 1.28. The maximum absolute atomic E-state index is 11.3. The number of Topliss-reactive ketones (excluding diaryl/α,β-unsaturated/α-hetero) is 1. The number of nitrogens with two attached hydrogens (primary N) is 1. The lowest BCUT2D eigenvalue weighted by atomic mass is 10.3. The molecule has 0 bridgehead atoms. The fourth-order valence-electron chi connectivity index (χ4n) is 1.32. The molecule has 0 aromatic carbocycles. The highest BCUT2D eigenvalue weighted by Crippen LogP contribution is 2.21. The third kappa shape index (κ3) is 2.12. The summed E-state index contributed by atoms with van der Waals surface area (Å²) in [6.07, 6.45) is 2.81. The normalized spacial score (nSPS) is 16.3. The Morgan fingerprint density at radius 1 is 1.41 bits per heavy atom. The van der Waals surface area contributed by atoms with Crippen LogP contribution in [-0.2, 0) is 6.54 Å². The number of hydrogen-bond acceptors (Lipinski definition) is 6. The number of ketones is 1. The maximum Gasteiger partial charge on any atom is 0.468 e. The third-order valence-corrected chi connectivity index (χ3v) is 3.04. The molecule has 17 heavy (non-hydrogen) atoms. The Labute approximate surface area is 101 Å². The van der Waals surface area contributed by atoms with Crippen molar-refractivity contribution in [2.24, 2.45) is 15.9 Å². The van der Waals surface area contributed by atoms with E-state index in [-0.39, 0.29) is 12.3 Å². The minimum Gasteiger partial charge on any atom is -0.315 e. The van der Waals surface area contributed by atoms with Crippen LogP contribution in [0.1, 0.15) is 22.4 Å². The molecular weight excluding hydrogens is 242 g/mol. The number of urea groups is 1. The van der Waals surface area contributed by atoms with Crippen molar-refractivity contribution in [2.45, 2.75) is 13.5 Å². The molecule has 0 atom stereocenters. The zero-order valence-corrected chi connectivity index (χ0v) is 9.85. The number of nitrogens with zero attached hydrogens (tertiary/aromatic N) is 4. The molecule has 0 saturated carbocycles. The van der Waals surface area contributed by atoms with E-state index in [1.165, 1.54) is 30.7 Å².